The van der Waals surface area contributed by atoms with Gasteiger partial charge in [0.2, 0.25) is 0 Å². The molecule has 8 nitrogen and oxygen atoms in total. The Morgan fingerprint density at radius 3 is 2.51 bits per heavy atom. The number of Topliss-reactive ketones (excluding diaryl/α,β-unsaturated/α-hetero) is 1. The molecule has 0 bridgehead atoms. The zero-order valence-corrected chi connectivity index (χ0v) is 19.9. The Bertz CT molecular complexity index is 1260. The van der Waals surface area contributed by atoms with Crippen LogP contribution in [0.3, 0.4) is 0 Å². The molecule has 1 amide bonds. The molecule has 0 spiro atoms. The molecule has 35 heavy (non-hydrogen) atoms. The van der Waals surface area contributed by atoms with Crippen LogP contribution in [0, 0.1) is 12.8 Å². The number of carbonyl (C=O) groups is 2. The van der Waals surface area contributed by atoms with Gasteiger partial charge in [0.15, 0.2) is 17.3 Å². The fourth-order valence-electron chi connectivity index (χ4n) is 4.21. The van der Waals surface area contributed by atoms with E-state index < -0.39 is 17.7 Å². The van der Waals surface area contributed by atoms with Gasteiger partial charge in [-0.15, -0.1) is 0 Å². The van der Waals surface area contributed by atoms with E-state index in [1.165, 1.54) is 4.90 Å². The number of carbonyl (C=O) groups excluding carboxylic acids is 2. The van der Waals surface area contributed by atoms with Gasteiger partial charge in [0, 0.05) is 29.3 Å². The Hall–Kier alpha value is -3.91. The lowest BCUT2D eigenvalue weighted by atomic mass is 9.91. The van der Waals surface area contributed by atoms with Crippen LogP contribution in [0.4, 0.5) is 5.69 Å². The van der Waals surface area contributed by atoms with Gasteiger partial charge in [-0.2, -0.15) is 0 Å². The minimum atomic E-state index is -0.887. The predicted molar refractivity (Wildman–Crippen MR) is 130 cm³/mol. The number of benzene rings is 2. The number of ketones is 1. The molecular formula is C27H28N2O6. The monoisotopic (exact) mass is 476 g/mol. The van der Waals surface area contributed by atoms with Crippen molar-refractivity contribution in [2.24, 2.45) is 5.92 Å². The van der Waals surface area contributed by atoms with Crippen molar-refractivity contribution in [1.29, 1.82) is 0 Å². The summed E-state index contributed by atoms with van der Waals surface area (Å²) in [6.45, 7) is 5.50. The van der Waals surface area contributed by atoms with Crippen molar-refractivity contribution in [3.05, 3.63) is 77.2 Å². The van der Waals surface area contributed by atoms with Crippen LogP contribution in [0.15, 0.2) is 70.5 Å². The number of hydrogen-bond donors (Lipinski definition) is 2. The van der Waals surface area contributed by atoms with Crippen LogP contribution in [0.25, 0.3) is 11.3 Å². The van der Waals surface area contributed by atoms with Crippen molar-refractivity contribution in [3.8, 4) is 17.1 Å². The molecule has 182 valence electrons. The molecule has 8 heteroatoms. The van der Waals surface area contributed by atoms with Gasteiger partial charge in [-0.1, -0.05) is 37.2 Å². The fourth-order valence-corrected chi connectivity index (χ4v) is 4.21. The second-order valence-corrected chi connectivity index (χ2v) is 8.85. The number of amides is 1. The smallest absolute Gasteiger partial charge is 0.294 e. The maximum Gasteiger partial charge on any atom is 0.294 e. The molecule has 3 aromatic rings. The Kier molecular flexibility index (Phi) is 7.02. The Labute approximate surface area is 203 Å². The van der Waals surface area contributed by atoms with E-state index in [1.807, 2.05) is 26.8 Å². The van der Waals surface area contributed by atoms with E-state index in [4.69, 9.17) is 9.26 Å². The minimum absolute atomic E-state index is 0.0399. The molecule has 1 atom stereocenters. The third-order valence-corrected chi connectivity index (χ3v) is 5.72. The summed E-state index contributed by atoms with van der Waals surface area (Å²) in [6.07, 6.45) is 0.181. The summed E-state index contributed by atoms with van der Waals surface area (Å²) in [5.41, 5.74) is 2.60. The number of aryl methyl sites for hydroxylation is 1. The number of ether oxygens (including phenoxy) is 1. The van der Waals surface area contributed by atoms with E-state index in [2.05, 4.69) is 5.16 Å². The van der Waals surface area contributed by atoms with Crippen LogP contribution in [-0.4, -0.2) is 40.3 Å². The van der Waals surface area contributed by atoms with Crippen LogP contribution in [0.1, 0.15) is 37.6 Å². The van der Waals surface area contributed by atoms with E-state index in [0.717, 1.165) is 11.3 Å². The molecule has 1 unspecified atom stereocenters. The van der Waals surface area contributed by atoms with Crippen molar-refractivity contribution < 1.29 is 29.1 Å². The third-order valence-electron chi connectivity index (χ3n) is 5.72. The van der Waals surface area contributed by atoms with Crippen LogP contribution < -0.4 is 9.64 Å². The molecule has 1 aromatic heterocycles. The van der Waals surface area contributed by atoms with Crippen LogP contribution in [-0.2, 0) is 9.59 Å². The zero-order valence-electron chi connectivity index (χ0n) is 19.9. The van der Waals surface area contributed by atoms with Gasteiger partial charge in [-0.3, -0.25) is 14.5 Å². The fraction of sp³-hybridized carbons (Fsp3) is 0.296. The second kappa shape index (κ2) is 10.1. The number of aliphatic hydroxyl groups excluding tert-OH is 2. The largest absolute Gasteiger partial charge is 0.503 e. The average molecular weight is 477 g/mol. The molecule has 0 aliphatic carbocycles. The molecule has 0 radical (unpaired) electrons. The van der Waals surface area contributed by atoms with Gasteiger partial charge >= 0.3 is 0 Å². The second-order valence-electron chi connectivity index (χ2n) is 8.85. The van der Waals surface area contributed by atoms with Gasteiger partial charge in [0.25, 0.3) is 5.91 Å². The molecular weight excluding hydrogens is 448 g/mol. The highest BCUT2D eigenvalue weighted by Gasteiger charge is 2.45. The van der Waals surface area contributed by atoms with Gasteiger partial charge in [-0.05, 0) is 43.2 Å². The molecule has 0 saturated carbocycles. The molecule has 2 heterocycles. The maximum absolute atomic E-state index is 13.3. The molecule has 1 aliphatic heterocycles. The summed E-state index contributed by atoms with van der Waals surface area (Å²) in [6, 6.07) is 15.0. The highest BCUT2D eigenvalue weighted by atomic mass is 16.5. The van der Waals surface area contributed by atoms with Crippen molar-refractivity contribution >= 4 is 17.4 Å². The number of nitrogens with zero attached hydrogens (tertiary/aromatic N) is 2. The standard InChI is InChI=1S/C27H28N2O6/c1-16(2)14-21(31)24-25(20-6-4-5-7-22(20)34-13-12-30)29(27(33)26(24)32)19-10-8-18(9-11-19)23-15-17(3)28-35-23/h4-11,15-16,25,30,32H,12-14H2,1-3H3. The van der Waals surface area contributed by atoms with Gasteiger partial charge < -0.3 is 19.5 Å². The quantitative estimate of drug-likeness (QED) is 0.466. The van der Waals surface area contributed by atoms with Crippen LogP contribution in [0.5, 0.6) is 5.75 Å². The number of anilines is 1. The molecule has 2 aromatic carbocycles. The third kappa shape index (κ3) is 4.83. The summed E-state index contributed by atoms with van der Waals surface area (Å²) in [5, 5.41) is 24.0. The number of aromatic nitrogens is 1. The maximum atomic E-state index is 13.3. The van der Waals surface area contributed by atoms with Crippen molar-refractivity contribution in [1.82, 2.24) is 5.16 Å². The van der Waals surface area contributed by atoms with Crippen LogP contribution in [0.2, 0.25) is 0 Å². The van der Waals surface area contributed by atoms with E-state index in [9.17, 15) is 19.8 Å². The number of hydrogen-bond acceptors (Lipinski definition) is 7. The first kappa shape index (κ1) is 24.2. The number of para-hydroxylation sites is 1. The van der Waals surface area contributed by atoms with Crippen LogP contribution >= 0.6 is 0 Å². The van der Waals surface area contributed by atoms with Crippen molar-refractivity contribution in [2.75, 3.05) is 18.1 Å². The topological polar surface area (TPSA) is 113 Å². The van der Waals surface area contributed by atoms with E-state index in [-0.39, 0.29) is 36.9 Å². The average Bonchev–Trinajstić information content (AvgIpc) is 3.38. The SMILES string of the molecule is Cc1cc(-c2ccc(N3C(=O)C(O)=C(C(=O)CC(C)C)C3c3ccccc3OCCO)cc2)on1. The summed E-state index contributed by atoms with van der Waals surface area (Å²) < 4.78 is 11.0. The van der Waals surface area contributed by atoms with Crippen molar-refractivity contribution in [2.45, 2.75) is 33.2 Å². The van der Waals surface area contributed by atoms with Gasteiger partial charge in [0.1, 0.15) is 12.4 Å². The minimum Gasteiger partial charge on any atom is -0.503 e. The summed E-state index contributed by atoms with van der Waals surface area (Å²) >= 11 is 0. The Balaban J connectivity index is 1.80. The first-order valence-electron chi connectivity index (χ1n) is 11.5. The lowest BCUT2D eigenvalue weighted by Crippen LogP contribution is -2.31. The van der Waals surface area contributed by atoms with E-state index in [1.54, 1.807) is 48.5 Å². The van der Waals surface area contributed by atoms with Gasteiger partial charge in [-0.25, -0.2) is 0 Å². The summed E-state index contributed by atoms with van der Waals surface area (Å²) in [5.74, 6) is -0.477. The number of rotatable bonds is 9. The first-order valence-corrected chi connectivity index (χ1v) is 11.5. The molecule has 0 saturated heterocycles. The first-order chi connectivity index (χ1) is 16.8. The van der Waals surface area contributed by atoms with Crippen molar-refractivity contribution in [3.63, 3.8) is 0 Å². The Morgan fingerprint density at radius 1 is 1.17 bits per heavy atom. The van der Waals surface area contributed by atoms with E-state index in [0.29, 0.717) is 22.8 Å². The molecule has 4 rings (SSSR count). The molecule has 2 N–H and O–H groups in total. The normalized spacial score (nSPS) is 15.9. The number of aliphatic hydroxyl groups is 2. The van der Waals surface area contributed by atoms with Gasteiger partial charge in [0.05, 0.1) is 23.9 Å². The molecule has 1 aliphatic rings. The lowest BCUT2D eigenvalue weighted by Gasteiger charge is -2.28. The lowest BCUT2D eigenvalue weighted by molar-refractivity contribution is -0.118. The summed E-state index contributed by atoms with van der Waals surface area (Å²) in [7, 11) is 0. The van der Waals surface area contributed by atoms with E-state index >= 15 is 0 Å². The summed E-state index contributed by atoms with van der Waals surface area (Å²) in [4.78, 5) is 28.0. The zero-order chi connectivity index (χ0) is 25.1. The predicted octanol–water partition coefficient (Wildman–Crippen LogP) is 4.54. The molecule has 0 fully saturated rings. The highest BCUT2D eigenvalue weighted by Crippen LogP contribution is 2.44. The highest BCUT2D eigenvalue weighted by molar-refractivity contribution is 6.16. The Morgan fingerprint density at radius 2 is 1.89 bits per heavy atom.